The summed E-state index contributed by atoms with van der Waals surface area (Å²) in [6.07, 6.45) is 4.09. The van der Waals surface area contributed by atoms with Gasteiger partial charge in [0.05, 0.1) is 7.11 Å². The molecule has 6 nitrogen and oxygen atoms in total. The van der Waals surface area contributed by atoms with Gasteiger partial charge in [0.15, 0.2) is 5.13 Å². The first kappa shape index (κ1) is 16.6. The highest BCUT2D eigenvalue weighted by atomic mass is 32.1. The smallest absolute Gasteiger partial charge is 0.319 e. The first-order chi connectivity index (χ1) is 11.7. The Balaban J connectivity index is 1.47. The number of thiazole rings is 1. The summed E-state index contributed by atoms with van der Waals surface area (Å²) in [5, 5.41) is 8.88. The Hall–Kier alpha value is -2.28. The number of piperidine rings is 1. The van der Waals surface area contributed by atoms with E-state index in [9.17, 15) is 4.79 Å². The van der Waals surface area contributed by atoms with E-state index in [-0.39, 0.29) is 6.03 Å². The zero-order chi connectivity index (χ0) is 16.8. The van der Waals surface area contributed by atoms with E-state index < -0.39 is 0 Å². The molecule has 1 atom stereocenters. The highest BCUT2D eigenvalue weighted by molar-refractivity contribution is 7.13. The van der Waals surface area contributed by atoms with Gasteiger partial charge in [0.2, 0.25) is 0 Å². The maximum Gasteiger partial charge on any atom is 0.319 e. The second-order valence-corrected chi connectivity index (χ2v) is 6.71. The van der Waals surface area contributed by atoms with Crippen molar-refractivity contribution in [3.63, 3.8) is 0 Å². The molecular formula is C17H22N4O2S. The van der Waals surface area contributed by atoms with Crippen molar-refractivity contribution in [3.05, 3.63) is 35.8 Å². The summed E-state index contributed by atoms with van der Waals surface area (Å²) in [5.74, 6) is 1.16. The van der Waals surface area contributed by atoms with E-state index >= 15 is 0 Å². The van der Waals surface area contributed by atoms with E-state index in [2.05, 4.69) is 20.5 Å². The summed E-state index contributed by atoms with van der Waals surface area (Å²) in [7, 11) is 1.61. The zero-order valence-corrected chi connectivity index (χ0v) is 14.5. The minimum atomic E-state index is -0.186. The predicted octanol–water partition coefficient (Wildman–Crippen LogP) is 3.19. The van der Waals surface area contributed by atoms with Gasteiger partial charge < -0.3 is 20.3 Å². The zero-order valence-electron chi connectivity index (χ0n) is 13.7. The molecule has 1 unspecified atom stereocenters. The number of carbonyl (C=O) groups excluding carboxylic acids is 1. The fourth-order valence-electron chi connectivity index (χ4n) is 2.89. The predicted molar refractivity (Wildman–Crippen MR) is 97.1 cm³/mol. The average Bonchev–Trinajstić information content (AvgIpc) is 3.15. The second kappa shape index (κ2) is 8.01. The lowest BCUT2D eigenvalue weighted by molar-refractivity contribution is 0.249. The normalized spacial score (nSPS) is 17.4. The second-order valence-electron chi connectivity index (χ2n) is 5.84. The van der Waals surface area contributed by atoms with Gasteiger partial charge in [0.25, 0.3) is 0 Å². The van der Waals surface area contributed by atoms with Crippen LogP contribution in [0.1, 0.15) is 12.8 Å². The SMILES string of the molecule is COc1cccc(NC(=O)NCC2CCCN(c3nccs3)C2)c1. The Morgan fingerprint density at radius 1 is 1.50 bits per heavy atom. The lowest BCUT2D eigenvalue weighted by Crippen LogP contribution is -2.42. The molecule has 3 rings (SSSR count). The maximum absolute atomic E-state index is 12.1. The molecular weight excluding hydrogens is 324 g/mol. The van der Waals surface area contributed by atoms with Crippen LogP contribution in [0.25, 0.3) is 0 Å². The van der Waals surface area contributed by atoms with Gasteiger partial charge in [0, 0.05) is 43.0 Å². The van der Waals surface area contributed by atoms with E-state index in [0.717, 1.165) is 42.5 Å². The minimum Gasteiger partial charge on any atom is -0.497 e. The number of ether oxygens (including phenoxy) is 1. The fraction of sp³-hybridized carbons (Fsp3) is 0.412. The van der Waals surface area contributed by atoms with Gasteiger partial charge >= 0.3 is 6.03 Å². The van der Waals surface area contributed by atoms with Crippen LogP contribution in [0.2, 0.25) is 0 Å². The molecule has 2 amide bonds. The quantitative estimate of drug-likeness (QED) is 0.872. The molecule has 0 bridgehead atoms. The maximum atomic E-state index is 12.1. The molecule has 2 aromatic rings. The highest BCUT2D eigenvalue weighted by Crippen LogP contribution is 2.24. The number of urea groups is 1. The Labute approximate surface area is 145 Å². The largest absolute Gasteiger partial charge is 0.497 e. The molecule has 1 saturated heterocycles. The van der Waals surface area contributed by atoms with Gasteiger partial charge in [0.1, 0.15) is 5.75 Å². The number of benzene rings is 1. The molecule has 128 valence electrons. The van der Waals surface area contributed by atoms with Crippen molar-refractivity contribution in [2.75, 3.05) is 37.0 Å². The number of hydrogen-bond donors (Lipinski definition) is 2. The number of methoxy groups -OCH3 is 1. The number of hydrogen-bond acceptors (Lipinski definition) is 5. The molecule has 7 heteroatoms. The van der Waals surface area contributed by atoms with Crippen LogP contribution in [0.3, 0.4) is 0 Å². The van der Waals surface area contributed by atoms with Gasteiger partial charge in [-0.2, -0.15) is 0 Å². The summed E-state index contributed by atoms with van der Waals surface area (Å²) in [6.45, 7) is 2.64. The van der Waals surface area contributed by atoms with Crippen LogP contribution >= 0.6 is 11.3 Å². The molecule has 1 aromatic carbocycles. The summed E-state index contributed by atoms with van der Waals surface area (Å²) >= 11 is 1.66. The number of amides is 2. The van der Waals surface area contributed by atoms with Crippen LogP contribution in [0.4, 0.5) is 15.6 Å². The van der Waals surface area contributed by atoms with Crippen molar-refractivity contribution in [3.8, 4) is 5.75 Å². The monoisotopic (exact) mass is 346 g/mol. The molecule has 1 aromatic heterocycles. The highest BCUT2D eigenvalue weighted by Gasteiger charge is 2.21. The number of nitrogens with zero attached hydrogens (tertiary/aromatic N) is 2. The topological polar surface area (TPSA) is 66.5 Å². The summed E-state index contributed by atoms with van der Waals surface area (Å²) < 4.78 is 5.16. The first-order valence-electron chi connectivity index (χ1n) is 8.08. The molecule has 2 N–H and O–H groups in total. The Bertz CT molecular complexity index is 662. The molecule has 2 heterocycles. The van der Waals surface area contributed by atoms with E-state index in [1.807, 2.05) is 29.8 Å². The Kier molecular flexibility index (Phi) is 5.53. The molecule has 0 spiro atoms. The first-order valence-corrected chi connectivity index (χ1v) is 8.96. The third kappa shape index (κ3) is 4.38. The Morgan fingerprint density at radius 2 is 2.42 bits per heavy atom. The lowest BCUT2D eigenvalue weighted by atomic mass is 9.98. The molecule has 24 heavy (non-hydrogen) atoms. The van der Waals surface area contributed by atoms with Crippen molar-refractivity contribution in [2.24, 2.45) is 5.92 Å². The standard InChI is InChI=1S/C17H22N4O2S/c1-23-15-6-2-5-14(10-15)20-16(22)19-11-13-4-3-8-21(12-13)17-18-7-9-24-17/h2,5-7,9-10,13H,3-4,8,11-12H2,1H3,(H2,19,20,22). The summed E-state index contributed by atoms with van der Waals surface area (Å²) in [4.78, 5) is 18.8. The third-order valence-electron chi connectivity index (χ3n) is 4.09. The lowest BCUT2D eigenvalue weighted by Gasteiger charge is -2.32. The van der Waals surface area contributed by atoms with Crippen molar-refractivity contribution in [1.82, 2.24) is 10.3 Å². The van der Waals surface area contributed by atoms with Crippen LogP contribution in [0.15, 0.2) is 35.8 Å². The van der Waals surface area contributed by atoms with Crippen molar-refractivity contribution in [2.45, 2.75) is 12.8 Å². The van der Waals surface area contributed by atoms with Crippen LogP contribution in [0.5, 0.6) is 5.75 Å². The van der Waals surface area contributed by atoms with Crippen LogP contribution in [-0.4, -0.2) is 37.8 Å². The van der Waals surface area contributed by atoms with Gasteiger partial charge in [-0.05, 0) is 30.9 Å². The molecule has 1 fully saturated rings. The number of anilines is 2. The van der Waals surface area contributed by atoms with Crippen LogP contribution in [0, 0.1) is 5.92 Å². The fourth-order valence-corrected chi connectivity index (χ4v) is 3.57. The molecule has 0 aliphatic carbocycles. The average molecular weight is 346 g/mol. The van der Waals surface area contributed by atoms with Gasteiger partial charge in [-0.1, -0.05) is 6.07 Å². The van der Waals surface area contributed by atoms with Crippen molar-refractivity contribution >= 4 is 28.2 Å². The van der Waals surface area contributed by atoms with Crippen molar-refractivity contribution in [1.29, 1.82) is 0 Å². The van der Waals surface area contributed by atoms with E-state index in [4.69, 9.17) is 4.74 Å². The molecule has 1 aliphatic heterocycles. The van der Waals surface area contributed by atoms with E-state index in [1.165, 1.54) is 0 Å². The van der Waals surface area contributed by atoms with Gasteiger partial charge in [-0.25, -0.2) is 9.78 Å². The molecule has 0 radical (unpaired) electrons. The minimum absolute atomic E-state index is 0.186. The Morgan fingerprint density at radius 3 is 3.21 bits per heavy atom. The number of aromatic nitrogens is 1. The summed E-state index contributed by atoms with van der Waals surface area (Å²) in [6, 6.07) is 7.14. The van der Waals surface area contributed by atoms with Crippen LogP contribution in [-0.2, 0) is 0 Å². The van der Waals surface area contributed by atoms with Gasteiger partial charge in [-0.15, -0.1) is 11.3 Å². The van der Waals surface area contributed by atoms with Crippen LogP contribution < -0.4 is 20.3 Å². The number of rotatable bonds is 5. The van der Waals surface area contributed by atoms with Crippen molar-refractivity contribution < 1.29 is 9.53 Å². The molecule has 1 aliphatic rings. The van der Waals surface area contributed by atoms with E-state index in [1.54, 1.807) is 24.5 Å². The number of nitrogens with one attached hydrogen (secondary N) is 2. The third-order valence-corrected chi connectivity index (χ3v) is 4.92. The molecule has 0 saturated carbocycles. The van der Waals surface area contributed by atoms with Gasteiger partial charge in [-0.3, -0.25) is 0 Å². The van der Waals surface area contributed by atoms with E-state index in [0.29, 0.717) is 12.5 Å². The summed E-state index contributed by atoms with van der Waals surface area (Å²) in [5.41, 5.74) is 0.722. The number of carbonyl (C=O) groups is 1.